The van der Waals surface area contributed by atoms with Gasteiger partial charge in [0.15, 0.2) is 0 Å². The van der Waals surface area contributed by atoms with E-state index in [4.69, 9.17) is 4.74 Å². The van der Waals surface area contributed by atoms with E-state index >= 15 is 0 Å². The van der Waals surface area contributed by atoms with Crippen molar-refractivity contribution in [3.05, 3.63) is 120 Å². The number of methoxy groups -OCH3 is 1. The molecule has 1 aromatic heterocycles. The first-order valence-corrected chi connectivity index (χ1v) is 12.8. The molecule has 0 spiro atoms. The molecule has 0 unspecified atom stereocenters. The third kappa shape index (κ3) is 5.90. The molecule has 0 aliphatic heterocycles. The number of benzene rings is 3. The van der Waals surface area contributed by atoms with Crippen LogP contribution in [0.3, 0.4) is 0 Å². The summed E-state index contributed by atoms with van der Waals surface area (Å²) in [6.45, 7) is 2.47. The molecular formula is C28H27N3O4S. The minimum Gasteiger partial charge on any atom is -0.497 e. The summed E-state index contributed by atoms with van der Waals surface area (Å²) in [6.07, 6.45) is 3.40. The number of sulfonamides is 1. The van der Waals surface area contributed by atoms with E-state index in [0.717, 1.165) is 11.1 Å². The second-order valence-corrected chi connectivity index (χ2v) is 9.97. The normalized spacial score (nSPS) is 11.1. The smallest absolute Gasteiger partial charge is 0.261 e. The largest absolute Gasteiger partial charge is 0.497 e. The molecule has 4 rings (SSSR count). The van der Waals surface area contributed by atoms with Gasteiger partial charge in [-0.1, -0.05) is 48.5 Å². The van der Waals surface area contributed by atoms with Crippen molar-refractivity contribution in [1.29, 1.82) is 0 Å². The predicted molar refractivity (Wildman–Crippen MR) is 139 cm³/mol. The highest BCUT2D eigenvalue weighted by atomic mass is 32.2. The van der Waals surface area contributed by atoms with Gasteiger partial charge in [-0.25, -0.2) is 8.42 Å². The minimum absolute atomic E-state index is 0.0692. The fraction of sp³-hybridized carbons (Fsp3) is 0.143. The number of amides is 1. The van der Waals surface area contributed by atoms with Crippen molar-refractivity contribution in [2.24, 2.45) is 0 Å². The number of pyridine rings is 1. The number of hydrogen-bond acceptors (Lipinski definition) is 5. The summed E-state index contributed by atoms with van der Waals surface area (Å²) in [5.41, 5.74) is 3.02. The molecule has 4 aromatic rings. The Morgan fingerprint density at radius 2 is 1.58 bits per heavy atom. The van der Waals surface area contributed by atoms with Crippen molar-refractivity contribution in [2.45, 2.75) is 24.9 Å². The number of carbonyl (C=O) groups is 1. The topological polar surface area (TPSA) is 88.6 Å². The molecule has 0 aliphatic carbocycles. The van der Waals surface area contributed by atoms with Crippen LogP contribution in [0, 0.1) is 6.92 Å². The Morgan fingerprint density at radius 3 is 2.25 bits per heavy atom. The van der Waals surface area contributed by atoms with E-state index in [0.29, 0.717) is 30.0 Å². The van der Waals surface area contributed by atoms with E-state index in [1.54, 1.807) is 54.5 Å². The van der Waals surface area contributed by atoms with E-state index < -0.39 is 10.0 Å². The zero-order valence-electron chi connectivity index (χ0n) is 20.1. The summed E-state index contributed by atoms with van der Waals surface area (Å²) in [5.74, 6) is 0.264. The zero-order chi connectivity index (χ0) is 25.5. The van der Waals surface area contributed by atoms with Crippen LogP contribution in [-0.4, -0.2) is 31.3 Å². The first-order chi connectivity index (χ1) is 17.4. The maximum Gasteiger partial charge on any atom is 0.261 e. The van der Waals surface area contributed by atoms with Gasteiger partial charge in [0, 0.05) is 25.5 Å². The standard InChI is InChI=1S/C28H27N3O4S/c1-21-8-6-12-26(30-36(33,34)25-15-13-24(35-2)14-16-25)27(21)28(32)31(19-22-9-4-3-5-10-22)20-23-11-7-17-29-18-23/h3-18,30H,19-20H2,1-2H3. The quantitative estimate of drug-likeness (QED) is 0.347. The van der Waals surface area contributed by atoms with Crippen molar-refractivity contribution in [3.8, 4) is 5.75 Å². The first kappa shape index (κ1) is 24.9. The lowest BCUT2D eigenvalue weighted by Gasteiger charge is -2.25. The Labute approximate surface area is 211 Å². The molecule has 0 bridgehead atoms. The zero-order valence-corrected chi connectivity index (χ0v) is 20.9. The molecule has 0 aliphatic rings. The number of ether oxygens (including phenoxy) is 1. The molecule has 1 heterocycles. The van der Waals surface area contributed by atoms with Crippen molar-refractivity contribution < 1.29 is 17.9 Å². The highest BCUT2D eigenvalue weighted by Crippen LogP contribution is 2.27. The molecule has 0 atom stereocenters. The summed E-state index contributed by atoms with van der Waals surface area (Å²) in [5, 5.41) is 0. The van der Waals surface area contributed by atoms with Crippen molar-refractivity contribution in [1.82, 2.24) is 9.88 Å². The van der Waals surface area contributed by atoms with E-state index in [1.807, 2.05) is 42.5 Å². The Hall–Kier alpha value is -4.17. The Morgan fingerprint density at radius 1 is 0.889 bits per heavy atom. The van der Waals surface area contributed by atoms with Crippen LogP contribution >= 0.6 is 0 Å². The van der Waals surface area contributed by atoms with Crippen LogP contribution in [0.1, 0.15) is 27.0 Å². The average molecular weight is 502 g/mol. The minimum atomic E-state index is -3.94. The predicted octanol–water partition coefficient (Wildman–Crippen LogP) is 5.04. The molecule has 0 saturated heterocycles. The van der Waals surface area contributed by atoms with Crippen LogP contribution in [0.25, 0.3) is 0 Å². The van der Waals surface area contributed by atoms with E-state index in [9.17, 15) is 13.2 Å². The lowest BCUT2D eigenvalue weighted by molar-refractivity contribution is 0.0730. The molecule has 3 aromatic carbocycles. The molecule has 1 amide bonds. The van der Waals surface area contributed by atoms with Gasteiger partial charge in [-0.3, -0.25) is 14.5 Å². The van der Waals surface area contributed by atoms with Gasteiger partial charge in [0.1, 0.15) is 5.75 Å². The number of rotatable bonds is 9. The van der Waals surface area contributed by atoms with Crippen LogP contribution in [0.4, 0.5) is 5.69 Å². The first-order valence-electron chi connectivity index (χ1n) is 11.4. The average Bonchev–Trinajstić information content (AvgIpc) is 2.89. The van der Waals surface area contributed by atoms with Crippen LogP contribution in [-0.2, 0) is 23.1 Å². The lowest BCUT2D eigenvalue weighted by Crippen LogP contribution is -2.31. The third-order valence-electron chi connectivity index (χ3n) is 5.70. The van der Waals surface area contributed by atoms with Gasteiger partial charge in [0.2, 0.25) is 0 Å². The summed E-state index contributed by atoms with van der Waals surface area (Å²) in [6, 6.07) is 24.6. The summed E-state index contributed by atoms with van der Waals surface area (Å²) in [7, 11) is -2.43. The van der Waals surface area contributed by atoms with Crippen molar-refractivity contribution in [2.75, 3.05) is 11.8 Å². The molecule has 0 radical (unpaired) electrons. The summed E-state index contributed by atoms with van der Waals surface area (Å²) < 4.78 is 34.0. The van der Waals surface area contributed by atoms with Crippen LogP contribution in [0.15, 0.2) is 102 Å². The molecule has 0 fully saturated rings. The number of aromatic nitrogens is 1. The highest BCUT2D eigenvalue weighted by Gasteiger charge is 2.24. The molecule has 0 saturated carbocycles. The van der Waals surface area contributed by atoms with Gasteiger partial charge >= 0.3 is 0 Å². The number of nitrogens with zero attached hydrogens (tertiary/aromatic N) is 2. The Balaban J connectivity index is 1.69. The van der Waals surface area contributed by atoms with E-state index in [2.05, 4.69) is 9.71 Å². The fourth-order valence-electron chi connectivity index (χ4n) is 3.87. The second kappa shape index (κ2) is 11.0. The van der Waals surface area contributed by atoms with Crippen molar-refractivity contribution in [3.63, 3.8) is 0 Å². The second-order valence-electron chi connectivity index (χ2n) is 8.29. The third-order valence-corrected chi connectivity index (χ3v) is 7.08. The molecule has 7 nitrogen and oxygen atoms in total. The SMILES string of the molecule is COc1ccc(S(=O)(=O)Nc2cccc(C)c2C(=O)N(Cc2ccccc2)Cc2cccnc2)cc1. The van der Waals surface area contributed by atoms with Gasteiger partial charge in [0.25, 0.3) is 15.9 Å². The molecule has 184 valence electrons. The van der Waals surface area contributed by atoms with E-state index in [1.165, 1.54) is 19.2 Å². The number of aryl methyl sites for hydroxylation is 1. The summed E-state index contributed by atoms with van der Waals surface area (Å²) >= 11 is 0. The van der Waals surface area contributed by atoms with Crippen LogP contribution < -0.4 is 9.46 Å². The fourth-order valence-corrected chi connectivity index (χ4v) is 4.94. The number of hydrogen-bond donors (Lipinski definition) is 1. The van der Waals surface area contributed by atoms with Gasteiger partial charge in [-0.15, -0.1) is 0 Å². The van der Waals surface area contributed by atoms with Crippen LogP contribution in [0.2, 0.25) is 0 Å². The molecule has 36 heavy (non-hydrogen) atoms. The Bertz CT molecular complexity index is 1380. The molecule has 8 heteroatoms. The van der Waals surface area contributed by atoms with Gasteiger partial charge in [-0.2, -0.15) is 0 Å². The number of carbonyl (C=O) groups excluding carboxylic acids is 1. The Kier molecular flexibility index (Phi) is 7.65. The summed E-state index contributed by atoms with van der Waals surface area (Å²) in [4.78, 5) is 19.9. The maximum atomic E-state index is 14.0. The number of nitrogens with one attached hydrogen (secondary N) is 1. The number of anilines is 1. The lowest BCUT2D eigenvalue weighted by atomic mass is 10.0. The molecular weight excluding hydrogens is 474 g/mol. The van der Waals surface area contributed by atoms with Crippen molar-refractivity contribution >= 4 is 21.6 Å². The van der Waals surface area contributed by atoms with Gasteiger partial charge in [-0.05, 0) is 60.0 Å². The highest BCUT2D eigenvalue weighted by molar-refractivity contribution is 7.92. The molecule has 1 N–H and O–H groups in total. The monoisotopic (exact) mass is 501 g/mol. The van der Waals surface area contributed by atoms with Gasteiger partial charge in [0.05, 0.1) is 23.3 Å². The maximum absolute atomic E-state index is 14.0. The van der Waals surface area contributed by atoms with E-state index in [-0.39, 0.29) is 16.5 Å². The van der Waals surface area contributed by atoms with Crippen LogP contribution in [0.5, 0.6) is 5.75 Å². The van der Waals surface area contributed by atoms with Gasteiger partial charge < -0.3 is 9.64 Å².